The van der Waals surface area contributed by atoms with Gasteiger partial charge in [0.25, 0.3) is 5.91 Å². The van der Waals surface area contributed by atoms with Gasteiger partial charge in [0, 0.05) is 22.5 Å². The maximum Gasteiger partial charge on any atom is 0.254 e. The molecule has 0 bridgehead atoms. The van der Waals surface area contributed by atoms with Gasteiger partial charge in [-0.1, -0.05) is 23.2 Å². The van der Waals surface area contributed by atoms with Crippen LogP contribution in [0, 0.1) is 0 Å². The summed E-state index contributed by atoms with van der Waals surface area (Å²) in [5.41, 5.74) is 4.91. The Bertz CT molecular complexity index is 559. The van der Waals surface area contributed by atoms with Crippen molar-refractivity contribution in [2.24, 2.45) is 5.73 Å². The van der Waals surface area contributed by atoms with Crippen LogP contribution in [-0.4, -0.2) is 34.3 Å². The molecule has 1 aliphatic carbocycles. The molecule has 114 valence electrons. The van der Waals surface area contributed by atoms with E-state index in [2.05, 4.69) is 0 Å². The van der Waals surface area contributed by atoms with Gasteiger partial charge in [0.1, 0.15) is 0 Å². The number of carbonyl (C=O) groups is 1. The first-order valence-electron chi connectivity index (χ1n) is 6.79. The van der Waals surface area contributed by atoms with E-state index >= 15 is 0 Å². The number of amides is 1. The van der Waals surface area contributed by atoms with Crippen molar-refractivity contribution < 1.29 is 14.7 Å². The monoisotopic (exact) mass is 330 g/mol. The number of nitrogens with two attached hydrogens (primary N) is 1. The van der Waals surface area contributed by atoms with Gasteiger partial charge in [-0.15, -0.1) is 0 Å². The normalized spacial score (nSPS) is 29.8. The zero-order chi connectivity index (χ0) is 15.2. The number of carbonyl (C=O) groups excluding carboxylic acids is 1. The summed E-state index contributed by atoms with van der Waals surface area (Å²) >= 11 is 12.1. The van der Waals surface area contributed by atoms with Crippen molar-refractivity contribution >= 4 is 29.1 Å². The molecule has 2 fully saturated rings. The smallest absolute Gasteiger partial charge is 0.254 e. The minimum Gasteiger partial charge on any atom is -0.393 e. The number of halogens is 2. The molecule has 7 heteroatoms. The van der Waals surface area contributed by atoms with Crippen molar-refractivity contribution in [3.8, 4) is 0 Å². The molecular formula is C14H16Cl2N2O3. The summed E-state index contributed by atoms with van der Waals surface area (Å²) in [6.45, 7) is -0.448. The number of hydrogen-bond acceptors (Lipinski definition) is 4. The molecule has 0 aromatic heterocycles. The van der Waals surface area contributed by atoms with Crippen LogP contribution in [-0.2, 0) is 9.63 Å². The number of rotatable bonds is 4. The van der Waals surface area contributed by atoms with Gasteiger partial charge in [0.15, 0.2) is 5.60 Å². The average Bonchev–Trinajstić information content (AvgIpc) is 3.17. The summed E-state index contributed by atoms with van der Waals surface area (Å²) in [6, 6.07) is 5.28. The second-order valence-corrected chi connectivity index (χ2v) is 6.49. The van der Waals surface area contributed by atoms with Gasteiger partial charge in [-0.05, 0) is 36.6 Å². The highest BCUT2D eigenvalue weighted by Crippen LogP contribution is 2.47. The van der Waals surface area contributed by atoms with Gasteiger partial charge in [-0.3, -0.25) is 9.63 Å². The summed E-state index contributed by atoms with van der Waals surface area (Å²) in [5, 5.41) is 12.4. The van der Waals surface area contributed by atoms with Gasteiger partial charge in [-0.2, -0.15) is 5.06 Å². The third-order valence-electron chi connectivity index (χ3n) is 3.99. The lowest BCUT2D eigenvalue weighted by Gasteiger charge is -2.24. The molecule has 3 rings (SSSR count). The van der Waals surface area contributed by atoms with E-state index in [1.807, 2.05) is 0 Å². The first-order valence-corrected chi connectivity index (χ1v) is 7.55. The lowest BCUT2D eigenvalue weighted by molar-refractivity contribution is -0.219. The van der Waals surface area contributed by atoms with Crippen LogP contribution < -0.4 is 5.73 Å². The molecule has 1 heterocycles. The van der Waals surface area contributed by atoms with Crippen molar-refractivity contribution in [2.75, 3.05) is 6.61 Å². The Labute approximate surface area is 132 Å². The Morgan fingerprint density at radius 1 is 1.38 bits per heavy atom. The molecule has 2 aliphatic rings. The predicted octanol–water partition coefficient (Wildman–Crippen LogP) is 2.05. The minimum atomic E-state index is -1.37. The molecule has 1 aromatic carbocycles. The molecule has 1 aromatic rings. The standard InChI is InChI=1S/C14H16Cl2N2O3/c15-9-3-8(4-10(16)5-9)12-6-14(7-19,13(17)20)21-18(12)11-1-2-11/h3-5,11-12,19H,1-2,6-7H2,(H2,17,20). The summed E-state index contributed by atoms with van der Waals surface area (Å²) in [5.74, 6) is -0.661. The SMILES string of the molecule is NC(=O)C1(CO)CC(c2cc(Cl)cc(Cl)c2)N(C2CC2)O1. The molecule has 2 atom stereocenters. The fraction of sp³-hybridized carbons (Fsp3) is 0.500. The van der Waals surface area contributed by atoms with Crippen LogP contribution in [0.2, 0.25) is 10.0 Å². The minimum absolute atomic E-state index is 0.201. The molecule has 5 nitrogen and oxygen atoms in total. The van der Waals surface area contributed by atoms with E-state index in [1.54, 1.807) is 23.3 Å². The second kappa shape index (κ2) is 5.41. The average molecular weight is 331 g/mol. The van der Waals surface area contributed by atoms with Gasteiger partial charge >= 0.3 is 0 Å². The second-order valence-electron chi connectivity index (χ2n) is 5.62. The number of hydroxylamine groups is 2. The molecule has 21 heavy (non-hydrogen) atoms. The van der Waals surface area contributed by atoms with Gasteiger partial charge in [0.05, 0.1) is 12.6 Å². The number of aliphatic hydroxyl groups excluding tert-OH is 1. The third kappa shape index (κ3) is 2.76. The van der Waals surface area contributed by atoms with E-state index < -0.39 is 18.1 Å². The quantitative estimate of drug-likeness (QED) is 0.885. The van der Waals surface area contributed by atoms with Crippen molar-refractivity contribution in [1.82, 2.24) is 5.06 Å². The molecule has 1 saturated heterocycles. The molecule has 2 unspecified atom stereocenters. The van der Waals surface area contributed by atoms with E-state index in [1.165, 1.54) is 0 Å². The largest absolute Gasteiger partial charge is 0.393 e. The lowest BCUT2D eigenvalue weighted by Crippen LogP contribution is -2.47. The molecule has 3 N–H and O–H groups in total. The maximum atomic E-state index is 11.7. The van der Waals surface area contributed by atoms with Crippen LogP contribution in [0.5, 0.6) is 0 Å². The van der Waals surface area contributed by atoms with Gasteiger partial charge < -0.3 is 10.8 Å². The molecule has 1 saturated carbocycles. The number of hydrogen-bond donors (Lipinski definition) is 2. The number of aliphatic hydroxyl groups is 1. The third-order valence-corrected chi connectivity index (χ3v) is 4.43. The van der Waals surface area contributed by atoms with E-state index in [-0.39, 0.29) is 18.5 Å². The number of benzene rings is 1. The fourth-order valence-electron chi connectivity index (χ4n) is 2.71. The molecule has 0 radical (unpaired) electrons. The zero-order valence-electron chi connectivity index (χ0n) is 11.3. The van der Waals surface area contributed by atoms with Crippen molar-refractivity contribution in [2.45, 2.75) is 36.9 Å². The Morgan fingerprint density at radius 2 is 2.00 bits per heavy atom. The summed E-state index contributed by atoms with van der Waals surface area (Å²) in [4.78, 5) is 17.5. The highest BCUT2D eigenvalue weighted by atomic mass is 35.5. The van der Waals surface area contributed by atoms with E-state index in [9.17, 15) is 9.90 Å². The molecule has 0 spiro atoms. The van der Waals surface area contributed by atoms with E-state index in [0.717, 1.165) is 18.4 Å². The lowest BCUT2D eigenvalue weighted by atomic mass is 9.92. The fourth-order valence-corrected chi connectivity index (χ4v) is 3.26. The van der Waals surface area contributed by atoms with Crippen molar-refractivity contribution in [1.29, 1.82) is 0 Å². The van der Waals surface area contributed by atoms with Crippen LogP contribution in [0.1, 0.15) is 30.9 Å². The molecule has 1 amide bonds. The first-order chi connectivity index (χ1) is 9.95. The van der Waals surface area contributed by atoms with Crippen LogP contribution in [0.4, 0.5) is 0 Å². The Hall–Kier alpha value is -0.850. The van der Waals surface area contributed by atoms with Crippen molar-refractivity contribution in [3.63, 3.8) is 0 Å². The first kappa shape index (κ1) is 15.1. The molecule has 1 aliphatic heterocycles. The van der Waals surface area contributed by atoms with Gasteiger partial charge in [0.2, 0.25) is 0 Å². The maximum absolute atomic E-state index is 11.7. The highest BCUT2D eigenvalue weighted by Gasteiger charge is 2.54. The predicted molar refractivity (Wildman–Crippen MR) is 78.8 cm³/mol. The van der Waals surface area contributed by atoms with Crippen LogP contribution in [0.15, 0.2) is 18.2 Å². The molecular weight excluding hydrogens is 315 g/mol. The number of primary amides is 1. The van der Waals surface area contributed by atoms with E-state index in [4.69, 9.17) is 33.8 Å². The summed E-state index contributed by atoms with van der Waals surface area (Å²) in [7, 11) is 0. The van der Waals surface area contributed by atoms with E-state index in [0.29, 0.717) is 10.0 Å². The summed E-state index contributed by atoms with van der Waals surface area (Å²) < 4.78 is 0. The number of nitrogens with zero attached hydrogens (tertiary/aromatic N) is 1. The Kier molecular flexibility index (Phi) is 3.88. The Balaban J connectivity index is 1.97. The van der Waals surface area contributed by atoms with Crippen LogP contribution in [0.3, 0.4) is 0 Å². The summed E-state index contributed by atoms with van der Waals surface area (Å²) in [6.07, 6.45) is 2.27. The zero-order valence-corrected chi connectivity index (χ0v) is 12.8. The van der Waals surface area contributed by atoms with Crippen LogP contribution in [0.25, 0.3) is 0 Å². The Morgan fingerprint density at radius 3 is 2.48 bits per heavy atom. The highest BCUT2D eigenvalue weighted by molar-refractivity contribution is 6.34. The van der Waals surface area contributed by atoms with Crippen LogP contribution >= 0.6 is 23.2 Å². The topological polar surface area (TPSA) is 75.8 Å². The van der Waals surface area contributed by atoms with Crippen molar-refractivity contribution in [3.05, 3.63) is 33.8 Å². The van der Waals surface area contributed by atoms with Gasteiger partial charge in [-0.25, -0.2) is 0 Å².